The van der Waals surface area contributed by atoms with Gasteiger partial charge in [0, 0.05) is 18.2 Å². The van der Waals surface area contributed by atoms with Crippen LogP contribution in [-0.2, 0) is 11.2 Å². The van der Waals surface area contributed by atoms with E-state index in [9.17, 15) is 4.79 Å². The zero-order valence-electron chi connectivity index (χ0n) is 9.56. The predicted molar refractivity (Wildman–Crippen MR) is 66.9 cm³/mol. The molecule has 0 radical (unpaired) electrons. The van der Waals surface area contributed by atoms with E-state index in [4.69, 9.17) is 5.11 Å². The number of carboxylic acid groups (broad SMARTS) is 1. The molecule has 0 aliphatic rings. The molecule has 1 heterocycles. The van der Waals surface area contributed by atoms with Crippen molar-refractivity contribution in [1.29, 1.82) is 0 Å². The third-order valence-corrected chi connectivity index (χ3v) is 3.07. The zero-order valence-corrected chi connectivity index (χ0v) is 10.4. The van der Waals surface area contributed by atoms with Crippen LogP contribution in [0.4, 0.5) is 0 Å². The van der Waals surface area contributed by atoms with Gasteiger partial charge in [-0.25, -0.2) is 4.79 Å². The molecule has 0 aliphatic carbocycles. The highest BCUT2D eigenvalue weighted by atomic mass is 32.1. The molecule has 3 nitrogen and oxygen atoms in total. The smallest absolute Gasteiger partial charge is 0.330 e. The molecule has 1 atom stereocenters. The third-order valence-electron chi connectivity index (χ3n) is 2.33. The van der Waals surface area contributed by atoms with Crippen molar-refractivity contribution in [2.75, 3.05) is 6.54 Å². The minimum absolute atomic E-state index is 0.354. The van der Waals surface area contributed by atoms with Crippen LogP contribution in [0.5, 0.6) is 0 Å². The van der Waals surface area contributed by atoms with Gasteiger partial charge in [-0.05, 0) is 42.7 Å². The Morgan fingerprint density at radius 2 is 2.44 bits per heavy atom. The second-order valence-corrected chi connectivity index (χ2v) is 4.62. The minimum atomic E-state index is -0.854. The van der Waals surface area contributed by atoms with Crippen molar-refractivity contribution >= 4 is 17.3 Å². The summed E-state index contributed by atoms with van der Waals surface area (Å²) in [6, 6.07) is 2.47. The number of hydrogen-bond donors (Lipinski definition) is 2. The molecule has 0 bridgehead atoms. The Balaban J connectivity index is 2.28. The molecule has 0 aliphatic heterocycles. The van der Waals surface area contributed by atoms with E-state index < -0.39 is 5.97 Å². The molecule has 4 heteroatoms. The number of nitrogens with one attached hydrogen (secondary N) is 1. The molecule has 0 fully saturated rings. The Morgan fingerprint density at radius 3 is 3.00 bits per heavy atom. The molecule has 0 saturated heterocycles. The molecule has 1 aromatic heterocycles. The third kappa shape index (κ3) is 4.59. The van der Waals surface area contributed by atoms with E-state index in [1.54, 1.807) is 24.3 Å². The molecule has 0 amide bonds. The van der Waals surface area contributed by atoms with E-state index in [0.29, 0.717) is 18.2 Å². The lowest BCUT2D eigenvalue weighted by molar-refractivity contribution is -0.132. The van der Waals surface area contributed by atoms with Gasteiger partial charge in [0.25, 0.3) is 0 Å². The van der Waals surface area contributed by atoms with E-state index in [2.05, 4.69) is 29.1 Å². The van der Waals surface area contributed by atoms with Gasteiger partial charge in [-0.2, -0.15) is 11.3 Å². The van der Waals surface area contributed by atoms with Crippen LogP contribution in [-0.4, -0.2) is 23.7 Å². The van der Waals surface area contributed by atoms with Gasteiger partial charge in [-0.15, -0.1) is 0 Å². The Kier molecular flexibility index (Phi) is 5.22. The van der Waals surface area contributed by atoms with E-state index in [1.165, 1.54) is 5.56 Å². The van der Waals surface area contributed by atoms with Crippen molar-refractivity contribution in [3.63, 3.8) is 0 Å². The van der Waals surface area contributed by atoms with Crippen LogP contribution in [0.3, 0.4) is 0 Å². The molecule has 0 spiro atoms. The molecule has 1 rings (SSSR count). The average Bonchev–Trinajstić information content (AvgIpc) is 2.70. The highest BCUT2D eigenvalue weighted by Crippen LogP contribution is 2.08. The Bertz CT molecular complexity index is 357. The highest BCUT2D eigenvalue weighted by Gasteiger charge is 2.03. The first-order chi connectivity index (χ1) is 7.59. The van der Waals surface area contributed by atoms with Gasteiger partial charge in [-0.1, -0.05) is 6.08 Å². The van der Waals surface area contributed by atoms with Crippen LogP contribution >= 0.6 is 11.3 Å². The number of aliphatic carboxylic acids is 1. The predicted octanol–water partition coefficient (Wildman–Crippen LogP) is 2.30. The monoisotopic (exact) mass is 239 g/mol. The van der Waals surface area contributed by atoms with Crippen LogP contribution in [0, 0.1) is 0 Å². The molecule has 0 saturated carbocycles. The van der Waals surface area contributed by atoms with Gasteiger partial charge < -0.3 is 10.4 Å². The summed E-state index contributed by atoms with van der Waals surface area (Å²) in [5.41, 5.74) is 1.71. The topological polar surface area (TPSA) is 49.3 Å². The maximum Gasteiger partial charge on any atom is 0.330 e. The van der Waals surface area contributed by atoms with Crippen molar-refractivity contribution < 1.29 is 9.90 Å². The summed E-state index contributed by atoms with van der Waals surface area (Å²) in [6.07, 6.45) is 2.68. The summed E-state index contributed by atoms with van der Waals surface area (Å²) in [4.78, 5) is 10.5. The Morgan fingerprint density at radius 1 is 1.69 bits per heavy atom. The first-order valence-corrected chi connectivity index (χ1v) is 6.18. The SMILES string of the molecule is C/C(=C/CNC(C)Cc1ccsc1)C(=O)O. The van der Waals surface area contributed by atoms with Crippen LogP contribution in [0.1, 0.15) is 19.4 Å². The second-order valence-electron chi connectivity index (χ2n) is 3.84. The maximum absolute atomic E-state index is 10.5. The van der Waals surface area contributed by atoms with Crippen molar-refractivity contribution in [3.8, 4) is 0 Å². The summed E-state index contributed by atoms with van der Waals surface area (Å²) < 4.78 is 0. The van der Waals surface area contributed by atoms with Crippen molar-refractivity contribution in [2.45, 2.75) is 26.3 Å². The lowest BCUT2D eigenvalue weighted by atomic mass is 10.1. The van der Waals surface area contributed by atoms with Gasteiger partial charge in [0.2, 0.25) is 0 Å². The molecular formula is C12H17NO2S. The molecular weight excluding hydrogens is 222 g/mol. The van der Waals surface area contributed by atoms with E-state index >= 15 is 0 Å². The fourth-order valence-corrected chi connectivity index (χ4v) is 2.02. The number of thiophene rings is 1. The van der Waals surface area contributed by atoms with Gasteiger partial charge >= 0.3 is 5.97 Å². The summed E-state index contributed by atoms with van der Waals surface area (Å²) in [5.74, 6) is -0.854. The lowest BCUT2D eigenvalue weighted by Gasteiger charge is -2.11. The van der Waals surface area contributed by atoms with Crippen LogP contribution < -0.4 is 5.32 Å². The first kappa shape index (κ1) is 12.9. The molecule has 2 N–H and O–H groups in total. The molecule has 1 unspecified atom stereocenters. The minimum Gasteiger partial charge on any atom is -0.478 e. The Labute approximate surface area is 99.8 Å². The van der Waals surface area contributed by atoms with E-state index in [1.807, 2.05) is 0 Å². The molecule has 16 heavy (non-hydrogen) atoms. The van der Waals surface area contributed by atoms with Crippen molar-refractivity contribution in [2.24, 2.45) is 0 Å². The van der Waals surface area contributed by atoms with Gasteiger partial charge in [0.1, 0.15) is 0 Å². The average molecular weight is 239 g/mol. The van der Waals surface area contributed by atoms with Crippen LogP contribution in [0.15, 0.2) is 28.5 Å². The largest absolute Gasteiger partial charge is 0.478 e. The Hall–Kier alpha value is -1.13. The summed E-state index contributed by atoms with van der Waals surface area (Å²) >= 11 is 1.70. The molecule has 0 aromatic carbocycles. The van der Waals surface area contributed by atoms with Gasteiger partial charge in [-0.3, -0.25) is 0 Å². The quantitative estimate of drug-likeness (QED) is 0.749. The van der Waals surface area contributed by atoms with Gasteiger partial charge in [0.15, 0.2) is 0 Å². The fourth-order valence-electron chi connectivity index (χ4n) is 1.34. The van der Waals surface area contributed by atoms with Crippen molar-refractivity contribution in [1.82, 2.24) is 5.32 Å². The zero-order chi connectivity index (χ0) is 12.0. The van der Waals surface area contributed by atoms with Crippen LogP contribution in [0.25, 0.3) is 0 Å². The van der Waals surface area contributed by atoms with Crippen molar-refractivity contribution in [3.05, 3.63) is 34.0 Å². The highest BCUT2D eigenvalue weighted by molar-refractivity contribution is 7.07. The fraction of sp³-hybridized carbons (Fsp3) is 0.417. The lowest BCUT2D eigenvalue weighted by Crippen LogP contribution is -2.28. The normalized spacial score (nSPS) is 13.8. The number of carboxylic acids is 1. The van der Waals surface area contributed by atoms with Crippen LogP contribution in [0.2, 0.25) is 0 Å². The summed E-state index contributed by atoms with van der Waals surface area (Å²) in [6.45, 7) is 4.30. The van der Waals surface area contributed by atoms with E-state index in [-0.39, 0.29) is 0 Å². The first-order valence-electron chi connectivity index (χ1n) is 5.24. The number of carbonyl (C=O) groups is 1. The summed E-state index contributed by atoms with van der Waals surface area (Å²) in [7, 11) is 0. The maximum atomic E-state index is 10.5. The van der Waals surface area contributed by atoms with Gasteiger partial charge in [0.05, 0.1) is 0 Å². The number of hydrogen-bond acceptors (Lipinski definition) is 3. The summed E-state index contributed by atoms with van der Waals surface area (Å²) in [5, 5.41) is 16.1. The number of rotatable bonds is 6. The standard InChI is InChI=1S/C12H17NO2S/c1-9(12(14)15)3-5-13-10(2)7-11-4-6-16-8-11/h3-4,6,8,10,13H,5,7H2,1-2H3,(H,14,15)/b9-3-. The van der Waals surface area contributed by atoms with E-state index in [0.717, 1.165) is 6.42 Å². The second kappa shape index (κ2) is 6.45. The molecule has 88 valence electrons. The molecule has 1 aromatic rings.